The molecule has 1 aromatic carbocycles. The van der Waals surface area contributed by atoms with Crippen molar-refractivity contribution in [2.75, 3.05) is 16.8 Å². The number of amides is 2. The van der Waals surface area contributed by atoms with Gasteiger partial charge in [0.2, 0.25) is 5.91 Å². The van der Waals surface area contributed by atoms with Crippen LogP contribution in [0.1, 0.15) is 43.3 Å². The summed E-state index contributed by atoms with van der Waals surface area (Å²) in [7, 11) is 0. The Morgan fingerprint density at radius 3 is 2.69 bits per heavy atom. The standard InChI is InChI=1S/C18H19N3O5/c1-4-7-20-13-10-14(21(24)25)12(9-11(13)18(2,3)17(20)23)19-16(22)15-6-5-8-26-15/h5-6,8-10H,4,7H2,1-3H3,(H,19,22). The maximum Gasteiger partial charge on any atom is 0.294 e. The highest BCUT2D eigenvalue weighted by atomic mass is 16.6. The largest absolute Gasteiger partial charge is 0.459 e. The van der Waals surface area contributed by atoms with Gasteiger partial charge in [0.05, 0.1) is 22.3 Å². The summed E-state index contributed by atoms with van der Waals surface area (Å²) < 4.78 is 5.02. The van der Waals surface area contributed by atoms with Crippen LogP contribution in [0.25, 0.3) is 0 Å². The smallest absolute Gasteiger partial charge is 0.294 e. The van der Waals surface area contributed by atoms with E-state index in [1.165, 1.54) is 24.5 Å². The third kappa shape index (κ3) is 2.73. The van der Waals surface area contributed by atoms with Crippen molar-refractivity contribution in [3.63, 3.8) is 0 Å². The molecule has 0 radical (unpaired) electrons. The molecule has 0 spiro atoms. The van der Waals surface area contributed by atoms with Gasteiger partial charge in [0.1, 0.15) is 5.69 Å². The number of nitrogens with zero attached hydrogens (tertiary/aromatic N) is 2. The van der Waals surface area contributed by atoms with Crippen molar-refractivity contribution >= 4 is 28.9 Å². The number of hydrogen-bond donors (Lipinski definition) is 1. The summed E-state index contributed by atoms with van der Waals surface area (Å²) in [6.45, 7) is 5.96. The quantitative estimate of drug-likeness (QED) is 0.651. The van der Waals surface area contributed by atoms with Crippen molar-refractivity contribution in [1.82, 2.24) is 0 Å². The Balaban J connectivity index is 2.10. The van der Waals surface area contributed by atoms with E-state index in [-0.39, 0.29) is 23.0 Å². The lowest BCUT2D eigenvalue weighted by molar-refractivity contribution is -0.383. The van der Waals surface area contributed by atoms with Gasteiger partial charge >= 0.3 is 0 Å². The van der Waals surface area contributed by atoms with Crippen LogP contribution in [0, 0.1) is 10.1 Å². The molecule has 1 N–H and O–H groups in total. The van der Waals surface area contributed by atoms with Crippen LogP contribution >= 0.6 is 0 Å². The minimum Gasteiger partial charge on any atom is -0.459 e. The number of hydrogen-bond acceptors (Lipinski definition) is 5. The van der Waals surface area contributed by atoms with Gasteiger partial charge in [-0.1, -0.05) is 6.92 Å². The molecule has 0 saturated heterocycles. The first-order chi connectivity index (χ1) is 12.3. The maximum absolute atomic E-state index is 12.7. The Labute approximate surface area is 149 Å². The third-order valence-electron chi connectivity index (χ3n) is 4.50. The fourth-order valence-electron chi connectivity index (χ4n) is 3.15. The van der Waals surface area contributed by atoms with Crippen LogP contribution in [-0.4, -0.2) is 23.3 Å². The zero-order valence-corrected chi connectivity index (χ0v) is 14.7. The minimum absolute atomic E-state index is 0.0365. The Morgan fingerprint density at radius 2 is 2.12 bits per heavy atom. The number of carbonyl (C=O) groups excluding carboxylic acids is 2. The molecule has 1 aliphatic rings. The predicted octanol–water partition coefficient (Wildman–Crippen LogP) is 3.47. The Kier molecular flexibility index (Phi) is 4.27. The highest BCUT2D eigenvalue weighted by Crippen LogP contribution is 2.46. The average Bonchev–Trinajstić information content (AvgIpc) is 3.18. The van der Waals surface area contributed by atoms with Crippen LogP contribution in [0.15, 0.2) is 34.9 Å². The summed E-state index contributed by atoms with van der Waals surface area (Å²) in [6.07, 6.45) is 2.07. The molecule has 3 rings (SSSR count). The molecule has 0 aliphatic carbocycles. The zero-order valence-electron chi connectivity index (χ0n) is 14.7. The molecule has 0 bridgehead atoms. The van der Waals surface area contributed by atoms with Gasteiger partial charge in [-0.15, -0.1) is 0 Å². The molecule has 136 valence electrons. The fourth-order valence-corrected chi connectivity index (χ4v) is 3.15. The van der Waals surface area contributed by atoms with E-state index in [2.05, 4.69) is 5.32 Å². The van der Waals surface area contributed by atoms with Crippen molar-refractivity contribution in [3.8, 4) is 0 Å². The number of anilines is 2. The first-order valence-corrected chi connectivity index (χ1v) is 8.27. The van der Waals surface area contributed by atoms with Crippen LogP contribution in [0.4, 0.5) is 17.1 Å². The van der Waals surface area contributed by atoms with Crippen molar-refractivity contribution < 1.29 is 18.9 Å². The van der Waals surface area contributed by atoms with Gasteiger partial charge < -0.3 is 14.6 Å². The first kappa shape index (κ1) is 17.7. The van der Waals surface area contributed by atoms with Crippen molar-refractivity contribution in [2.45, 2.75) is 32.6 Å². The van der Waals surface area contributed by atoms with Gasteiger partial charge in [0, 0.05) is 12.6 Å². The van der Waals surface area contributed by atoms with Gasteiger partial charge in [-0.25, -0.2) is 0 Å². The average molecular weight is 357 g/mol. The maximum atomic E-state index is 12.7. The summed E-state index contributed by atoms with van der Waals surface area (Å²) in [5, 5.41) is 14.0. The van der Waals surface area contributed by atoms with Crippen molar-refractivity contribution in [2.24, 2.45) is 0 Å². The summed E-state index contributed by atoms with van der Waals surface area (Å²) in [4.78, 5) is 37.5. The monoisotopic (exact) mass is 357 g/mol. The molecule has 2 amide bonds. The summed E-state index contributed by atoms with van der Waals surface area (Å²) in [5.74, 6) is -0.661. The normalized spacial score (nSPS) is 15.0. The number of fused-ring (bicyclic) bond motifs is 1. The number of nitro groups is 1. The highest BCUT2D eigenvalue weighted by molar-refractivity contribution is 6.10. The van der Waals surface area contributed by atoms with Gasteiger partial charge in [-0.05, 0) is 44.0 Å². The van der Waals surface area contributed by atoms with Gasteiger partial charge in [0.15, 0.2) is 5.76 Å². The molecule has 2 heterocycles. The van der Waals surface area contributed by atoms with Gasteiger partial charge in [0.25, 0.3) is 11.6 Å². The van der Waals surface area contributed by atoms with Crippen molar-refractivity contribution in [1.29, 1.82) is 0 Å². The lowest BCUT2D eigenvalue weighted by atomic mass is 9.85. The number of furan rings is 1. The van der Waals surface area contributed by atoms with Crippen molar-refractivity contribution in [3.05, 3.63) is 52.0 Å². The van der Waals surface area contributed by atoms with Crippen LogP contribution in [0.5, 0.6) is 0 Å². The van der Waals surface area contributed by atoms with E-state index in [0.29, 0.717) is 17.8 Å². The second-order valence-corrected chi connectivity index (χ2v) is 6.66. The van der Waals surface area contributed by atoms with E-state index in [4.69, 9.17) is 4.42 Å². The van der Waals surface area contributed by atoms with Crippen LogP contribution in [-0.2, 0) is 10.2 Å². The third-order valence-corrected chi connectivity index (χ3v) is 4.50. The van der Waals surface area contributed by atoms with Crippen LogP contribution in [0.2, 0.25) is 0 Å². The van der Waals surface area contributed by atoms with E-state index in [9.17, 15) is 19.7 Å². The Morgan fingerprint density at radius 1 is 1.38 bits per heavy atom. The topological polar surface area (TPSA) is 106 Å². The molecule has 8 nitrogen and oxygen atoms in total. The molecule has 8 heteroatoms. The van der Waals surface area contributed by atoms with Crippen LogP contribution < -0.4 is 10.2 Å². The molecular weight excluding hydrogens is 338 g/mol. The van der Waals surface area contributed by atoms with E-state index in [0.717, 1.165) is 6.42 Å². The molecule has 0 saturated carbocycles. The van der Waals surface area contributed by atoms with Gasteiger partial charge in [-0.2, -0.15) is 0 Å². The number of benzene rings is 1. The molecule has 1 aliphatic heterocycles. The van der Waals surface area contributed by atoms with Crippen LogP contribution in [0.3, 0.4) is 0 Å². The number of nitro benzene ring substituents is 1. The van der Waals surface area contributed by atoms with E-state index in [1.807, 2.05) is 6.92 Å². The Bertz CT molecular complexity index is 886. The molecular formula is C18H19N3O5. The Hall–Kier alpha value is -3.16. The molecule has 0 atom stereocenters. The molecule has 1 aromatic heterocycles. The number of carbonyl (C=O) groups is 2. The molecule has 2 aromatic rings. The minimum atomic E-state index is -0.830. The summed E-state index contributed by atoms with van der Waals surface area (Å²) >= 11 is 0. The van der Waals surface area contributed by atoms with Gasteiger partial charge in [-0.3, -0.25) is 19.7 Å². The number of nitrogens with one attached hydrogen (secondary N) is 1. The second-order valence-electron chi connectivity index (χ2n) is 6.66. The lowest BCUT2D eigenvalue weighted by Crippen LogP contribution is -2.36. The molecule has 26 heavy (non-hydrogen) atoms. The fraction of sp³-hybridized carbons (Fsp3) is 0.333. The molecule has 0 fully saturated rings. The van der Waals surface area contributed by atoms with E-state index >= 15 is 0 Å². The SMILES string of the molecule is CCCN1C(=O)C(C)(C)c2cc(NC(=O)c3ccco3)c([N+](=O)[O-])cc21. The predicted molar refractivity (Wildman–Crippen MR) is 95.4 cm³/mol. The highest BCUT2D eigenvalue weighted by Gasteiger charge is 2.45. The summed E-state index contributed by atoms with van der Waals surface area (Å²) in [6, 6.07) is 5.89. The first-order valence-electron chi connectivity index (χ1n) is 8.27. The molecule has 0 unspecified atom stereocenters. The second kappa shape index (κ2) is 6.29. The lowest BCUT2D eigenvalue weighted by Gasteiger charge is -2.19. The summed E-state index contributed by atoms with van der Waals surface area (Å²) in [5.41, 5.74) is 0.106. The zero-order chi connectivity index (χ0) is 19.1. The van der Waals surface area contributed by atoms with E-state index in [1.54, 1.807) is 24.8 Å². The van der Waals surface area contributed by atoms with E-state index < -0.39 is 16.2 Å². The number of rotatable bonds is 5.